The Morgan fingerprint density at radius 2 is 2.19 bits per heavy atom. The second kappa shape index (κ2) is 6.45. The predicted molar refractivity (Wildman–Crippen MR) is 86.4 cm³/mol. The number of benzene rings is 1. The van der Waals surface area contributed by atoms with Gasteiger partial charge in [-0.2, -0.15) is 12.7 Å². The van der Waals surface area contributed by atoms with E-state index >= 15 is 0 Å². The summed E-state index contributed by atoms with van der Waals surface area (Å²) in [7, 11) is -0.715. The number of aryl methyl sites for hydroxylation is 1. The lowest BCUT2D eigenvalue weighted by Gasteiger charge is -2.18. The van der Waals surface area contributed by atoms with Crippen LogP contribution in [-0.2, 0) is 14.9 Å². The Hall–Kier alpha value is -0.930. The first-order chi connectivity index (χ1) is 9.85. The van der Waals surface area contributed by atoms with Gasteiger partial charge in [0, 0.05) is 20.7 Å². The maximum absolute atomic E-state index is 12.3. The van der Waals surface area contributed by atoms with Crippen molar-refractivity contribution >= 4 is 49.1 Å². The Bertz CT molecular complexity index is 746. The minimum Gasteiger partial charge on any atom is -0.383 e. The van der Waals surface area contributed by atoms with Crippen LogP contribution in [0.5, 0.6) is 0 Å². The molecule has 0 atom stereocenters. The highest BCUT2D eigenvalue weighted by molar-refractivity contribution is 7.90. The average Bonchev–Trinajstić information content (AvgIpc) is 2.80. The summed E-state index contributed by atoms with van der Waals surface area (Å²) in [5.41, 5.74) is 0.872. The van der Waals surface area contributed by atoms with Gasteiger partial charge in [-0.25, -0.2) is 4.98 Å². The van der Waals surface area contributed by atoms with Crippen LogP contribution in [-0.4, -0.2) is 45.0 Å². The molecule has 6 nitrogen and oxygen atoms in total. The zero-order valence-electron chi connectivity index (χ0n) is 11.9. The third kappa shape index (κ3) is 3.64. The predicted octanol–water partition coefficient (Wildman–Crippen LogP) is 2.49. The van der Waals surface area contributed by atoms with Crippen LogP contribution < -0.4 is 4.72 Å². The van der Waals surface area contributed by atoms with Crippen LogP contribution in [0.4, 0.5) is 5.69 Å². The second-order valence-corrected chi connectivity index (χ2v) is 7.84. The number of nitrogens with zero attached hydrogens (tertiary/aromatic N) is 2. The Balaban J connectivity index is 2.36. The molecule has 2 aromatic rings. The molecular formula is C12H16ClN3O3S2. The van der Waals surface area contributed by atoms with E-state index in [0.717, 1.165) is 9.71 Å². The summed E-state index contributed by atoms with van der Waals surface area (Å²) in [5, 5.41) is 1.16. The number of halogens is 1. The van der Waals surface area contributed by atoms with Crippen molar-refractivity contribution in [1.82, 2.24) is 9.29 Å². The number of aromatic nitrogens is 1. The molecule has 1 N–H and O–H groups in total. The van der Waals surface area contributed by atoms with Gasteiger partial charge in [0.15, 0.2) is 0 Å². The van der Waals surface area contributed by atoms with Gasteiger partial charge >= 0.3 is 10.2 Å². The average molecular weight is 350 g/mol. The molecule has 1 aromatic heterocycles. The van der Waals surface area contributed by atoms with Gasteiger partial charge < -0.3 is 4.74 Å². The molecule has 0 unspecified atom stereocenters. The topological polar surface area (TPSA) is 71.5 Å². The minimum atomic E-state index is -3.71. The molecule has 0 radical (unpaired) electrons. The molecule has 0 fully saturated rings. The molecule has 0 saturated carbocycles. The van der Waals surface area contributed by atoms with Crippen LogP contribution >= 0.6 is 22.9 Å². The highest BCUT2D eigenvalue weighted by Crippen LogP contribution is 2.34. The maximum Gasteiger partial charge on any atom is 0.301 e. The molecule has 0 aliphatic rings. The third-order valence-corrected chi connectivity index (χ3v) is 5.58. The number of nitrogens with one attached hydrogen (secondary N) is 1. The maximum atomic E-state index is 12.3. The Morgan fingerprint density at radius 1 is 1.48 bits per heavy atom. The first-order valence-corrected chi connectivity index (χ1v) is 8.77. The lowest BCUT2D eigenvalue weighted by Crippen LogP contribution is -2.35. The fraction of sp³-hybridized carbons (Fsp3) is 0.417. The van der Waals surface area contributed by atoms with Crippen LogP contribution in [0, 0.1) is 6.92 Å². The van der Waals surface area contributed by atoms with Gasteiger partial charge in [-0.3, -0.25) is 4.72 Å². The van der Waals surface area contributed by atoms with Gasteiger partial charge in [0.1, 0.15) is 5.52 Å². The van der Waals surface area contributed by atoms with Crippen molar-refractivity contribution in [3.8, 4) is 0 Å². The summed E-state index contributed by atoms with van der Waals surface area (Å²) in [5.74, 6) is 0. The number of ether oxygens (including phenoxy) is 1. The number of methoxy groups -OCH3 is 1. The number of hydrogen-bond acceptors (Lipinski definition) is 5. The van der Waals surface area contributed by atoms with E-state index < -0.39 is 10.2 Å². The standard InChI is InChI=1S/C12H16ClN3O3S2/c1-8-14-12-10(20-8)5-4-9(13)11(12)15-21(17,18)16(2)6-7-19-3/h4-5,15H,6-7H2,1-3H3. The van der Waals surface area contributed by atoms with Gasteiger partial charge in [-0.05, 0) is 19.1 Å². The summed E-state index contributed by atoms with van der Waals surface area (Å²) in [6, 6.07) is 3.49. The van der Waals surface area contributed by atoms with Gasteiger partial charge in [-0.1, -0.05) is 11.6 Å². The number of likely N-dealkylation sites (N-methyl/N-ethyl adjacent to an activating group) is 1. The van der Waals surface area contributed by atoms with Crippen molar-refractivity contribution in [3.63, 3.8) is 0 Å². The van der Waals surface area contributed by atoms with Crippen molar-refractivity contribution in [3.05, 3.63) is 22.2 Å². The van der Waals surface area contributed by atoms with Crippen molar-refractivity contribution < 1.29 is 13.2 Å². The third-order valence-electron chi connectivity index (χ3n) is 2.87. The van der Waals surface area contributed by atoms with E-state index in [1.807, 2.05) is 13.0 Å². The molecule has 0 amide bonds. The molecule has 1 aromatic carbocycles. The lowest BCUT2D eigenvalue weighted by atomic mass is 10.3. The zero-order chi connectivity index (χ0) is 15.6. The number of fused-ring (bicyclic) bond motifs is 1. The van der Waals surface area contributed by atoms with Crippen LogP contribution in [0.2, 0.25) is 5.02 Å². The number of anilines is 1. The molecule has 0 aliphatic heterocycles. The first-order valence-electron chi connectivity index (χ1n) is 6.14. The summed E-state index contributed by atoms with van der Waals surface area (Å²) >= 11 is 7.61. The van der Waals surface area contributed by atoms with Crippen molar-refractivity contribution in [1.29, 1.82) is 0 Å². The quantitative estimate of drug-likeness (QED) is 0.869. The molecule has 2 rings (SSSR count). The zero-order valence-corrected chi connectivity index (χ0v) is 14.3. The lowest BCUT2D eigenvalue weighted by molar-refractivity contribution is 0.185. The van der Waals surface area contributed by atoms with Gasteiger partial charge in [0.2, 0.25) is 0 Å². The summed E-state index contributed by atoms with van der Waals surface area (Å²) < 4.78 is 34.0. The van der Waals surface area contributed by atoms with Crippen LogP contribution in [0.3, 0.4) is 0 Å². The molecule has 0 saturated heterocycles. The molecule has 0 bridgehead atoms. The fourth-order valence-electron chi connectivity index (χ4n) is 1.72. The molecule has 1 heterocycles. The van der Waals surface area contributed by atoms with E-state index in [4.69, 9.17) is 16.3 Å². The van der Waals surface area contributed by atoms with Gasteiger partial charge in [0.05, 0.1) is 27.0 Å². The first kappa shape index (κ1) is 16.4. The van der Waals surface area contributed by atoms with Gasteiger partial charge in [0.25, 0.3) is 0 Å². The number of hydrogen-bond donors (Lipinski definition) is 1. The Labute approximate surface area is 132 Å². The minimum absolute atomic E-state index is 0.246. The number of rotatable bonds is 6. The van der Waals surface area contributed by atoms with Gasteiger partial charge in [-0.15, -0.1) is 11.3 Å². The van der Waals surface area contributed by atoms with E-state index in [0.29, 0.717) is 22.8 Å². The Kier molecular flexibility index (Phi) is 5.05. The van der Waals surface area contributed by atoms with Crippen LogP contribution in [0.25, 0.3) is 10.2 Å². The molecule has 0 aliphatic carbocycles. The SMILES string of the molecule is COCCN(C)S(=O)(=O)Nc1c(Cl)ccc2sc(C)nc12. The Morgan fingerprint density at radius 3 is 2.86 bits per heavy atom. The number of thiazole rings is 1. The van der Waals surface area contributed by atoms with E-state index in [9.17, 15) is 8.42 Å². The monoisotopic (exact) mass is 349 g/mol. The smallest absolute Gasteiger partial charge is 0.301 e. The van der Waals surface area contributed by atoms with E-state index in [2.05, 4.69) is 9.71 Å². The normalized spacial score (nSPS) is 12.2. The highest BCUT2D eigenvalue weighted by atomic mass is 35.5. The molecule has 0 spiro atoms. The van der Waals surface area contributed by atoms with Crippen LogP contribution in [0.15, 0.2) is 12.1 Å². The van der Waals surface area contributed by atoms with Crippen molar-refractivity contribution in [2.75, 3.05) is 32.0 Å². The molecule has 9 heteroatoms. The second-order valence-electron chi connectivity index (χ2n) is 4.42. The van der Waals surface area contributed by atoms with E-state index in [1.165, 1.54) is 29.8 Å². The van der Waals surface area contributed by atoms with Crippen molar-refractivity contribution in [2.24, 2.45) is 0 Å². The fourth-order valence-corrected chi connectivity index (χ4v) is 3.75. The molecular weight excluding hydrogens is 334 g/mol. The van der Waals surface area contributed by atoms with E-state index in [1.54, 1.807) is 6.07 Å². The summed E-state index contributed by atoms with van der Waals surface area (Å²) in [6.45, 7) is 2.42. The molecule has 116 valence electrons. The van der Waals surface area contributed by atoms with E-state index in [-0.39, 0.29) is 6.54 Å². The molecule has 21 heavy (non-hydrogen) atoms. The van der Waals surface area contributed by atoms with Crippen LogP contribution in [0.1, 0.15) is 5.01 Å². The largest absolute Gasteiger partial charge is 0.383 e. The highest BCUT2D eigenvalue weighted by Gasteiger charge is 2.21. The summed E-state index contributed by atoms with van der Waals surface area (Å²) in [4.78, 5) is 4.34. The summed E-state index contributed by atoms with van der Waals surface area (Å²) in [6.07, 6.45) is 0. The van der Waals surface area contributed by atoms with Crippen molar-refractivity contribution in [2.45, 2.75) is 6.92 Å².